The maximum atomic E-state index is 11.1. The Morgan fingerprint density at radius 3 is 1.93 bits per heavy atom. The molecule has 0 saturated carbocycles. The molecule has 0 aromatic carbocycles. The van der Waals surface area contributed by atoms with E-state index in [1.165, 1.54) is 0 Å². The van der Waals surface area contributed by atoms with Gasteiger partial charge in [-0.15, -0.1) is 0 Å². The quantitative estimate of drug-likeness (QED) is 0.0700. The normalized spacial score (nSPS) is 13.3. The summed E-state index contributed by atoms with van der Waals surface area (Å²) in [7, 11) is -9.00. The van der Waals surface area contributed by atoms with Crippen LogP contribution in [-0.2, 0) is 13.9 Å². The third kappa shape index (κ3) is 14.6. The molecule has 0 aromatic heterocycles. The predicted octanol–water partition coefficient (Wildman–Crippen LogP) is -2.86. The summed E-state index contributed by atoms with van der Waals surface area (Å²) in [6, 6.07) is -0.716. The molecule has 0 saturated heterocycles. The Bertz CT molecular complexity index is 544. The van der Waals surface area contributed by atoms with Crippen LogP contribution < -0.4 is 41.0 Å². The molecule has 0 spiro atoms. The van der Waals surface area contributed by atoms with Gasteiger partial charge < -0.3 is 47.6 Å². The van der Waals surface area contributed by atoms with Crippen LogP contribution in [-0.4, -0.2) is 78.5 Å². The predicted molar refractivity (Wildman–Crippen MR) is 110 cm³/mol. The van der Waals surface area contributed by atoms with Crippen LogP contribution in [0.2, 0.25) is 0 Å². The van der Waals surface area contributed by atoms with E-state index in [9.17, 15) is 19.0 Å². The first-order valence-electron chi connectivity index (χ1n) is 9.34. The van der Waals surface area contributed by atoms with Gasteiger partial charge in [0, 0.05) is 13.0 Å². The molecule has 0 rings (SSSR count). The molecule has 0 fully saturated rings. The second kappa shape index (κ2) is 17.1. The van der Waals surface area contributed by atoms with Crippen molar-refractivity contribution in [3.63, 3.8) is 0 Å². The molecule has 178 valence electrons. The number of carboxylic acids is 1. The van der Waals surface area contributed by atoms with Gasteiger partial charge in [0.1, 0.15) is 6.04 Å². The van der Waals surface area contributed by atoms with Gasteiger partial charge in [-0.05, 0) is 39.4 Å². The number of hydrogen-bond acceptors (Lipinski definition) is 7. The van der Waals surface area contributed by atoms with Crippen molar-refractivity contribution in [3.05, 3.63) is 0 Å². The first-order chi connectivity index (χ1) is 13.1. The van der Waals surface area contributed by atoms with E-state index >= 15 is 0 Å². The maximum Gasteiger partial charge on any atom is 1.00 e. The van der Waals surface area contributed by atoms with Gasteiger partial charge in [0.25, 0.3) is 5.08 Å². The van der Waals surface area contributed by atoms with Crippen LogP contribution in [0.1, 0.15) is 53.3 Å². The fourth-order valence-corrected chi connectivity index (χ4v) is 4.32. The Balaban J connectivity index is -0.000000260. The molecule has 0 aliphatic rings. The zero-order valence-corrected chi connectivity index (χ0v) is 21.8. The summed E-state index contributed by atoms with van der Waals surface area (Å²) in [6.07, 6.45) is 4.35. The first kappa shape index (κ1) is 35.2. The van der Waals surface area contributed by atoms with Gasteiger partial charge in [-0.1, -0.05) is 26.2 Å². The van der Waals surface area contributed by atoms with Gasteiger partial charge in [-0.3, -0.25) is 13.9 Å². The molecule has 0 unspecified atom stereocenters. The summed E-state index contributed by atoms with van der Waals surface area (Å²) in [5, 5.41) is 14.7. The van der Waals surface area contributed by atoms with Crippen molar-refractivity contribution < 1.29 is 74.7 Å². The fourth-order valence-electron chi connectivity index (χ4n) is 2.18. The van der Waals surface area contributed by atoms with Gasteiger partial charge in [0.2, 0.25) is 0 Å². The summed E-state index contributed by atoms with van der Waals surface area (Å²) < 4.78 is 22.2. The number of unbranched alkanes of at least 4 members (excludes halogenated alkanes) is 3. The van der Waals surface area contributed by atoms with Crippen molar-refractivity contribution in [2.45, 2.75) is 63.0 Å². The SMILES string of the molecule is CCCCCN(C)CCC(O)(P(=O)(O)O)P(=O)(O)O.NCCCC[C@H](N)C(=O)O.[H-].[Na+]. The summed E-state index contributed by atoms with van der Waals surface area (Å²) in [5.74, 6) is -0.933. The average Bonchev–Trinajstić information content (AvgIpc) is 2.58. The number of hydrogen-bond donors (Lipinski definition) is 8. The largest absolute Gasteiger partial charge is 1.00 e. The molecule has 0 aliphatic carbocycles. The topological polar surface area (TPSA) is 228 Å². The summed E-state index contributed by atoms with van der Waals surface area (Å²) in [6.45, 7) is 3.25. The van der Waals surface area contributed by atoms with Crippen LogP contribution in [0.4, 0.5) is 0 Å². The van der Waals surface area contributed by atoms with Crippen LogP contribution in [0.25, 0.3) is 0 Å². The van der Waals surface area contributed by atoms with Gasteiger partial charge in [-0.25, -0.2) is 0 Å². The van der Waals surface area contributed by atoms with E-state index in [1.54, 1.807) is 11.9 Å². The second-order valence-electron chi connectivity index (χ2n) is 6.85. The summed E-state index contributed by atoms with van der Waals surface area (Å²) >= 11 is 0. The van der Waals surface area contributed by atoms with Crippen molar-refractivity contribution in [1.29, 1.82) is 0 Å². The van der Waals surface area contributed by atoms with Crippen molar-refractivity contribution in [3.8, 4) is 0 Å². The van der Waals surface area contributed by atoms with Crippen molar-refractivity contribution in [2.75, 3.05) is 26.7 Å². The first-order valence-corrected chi connectivity index (χ1v) is 12.6. The molecule has 0 bridgehead atoms. The van der Waals surface area contributed by atoms with E-state index in [-0.39, 0.29) is 37.5 Å². The number of aliphatic hydroxyl groups is 1. The number of rotatable bonds is 14. The molecular formula is C15H38N3NaO9P2. The standard InChI is InChI=1S/C9H23NO7P2.C6H14N2O2.Na.H/c1-3-4-5-7-10(2)8-6-9(11,18(12,13)14)19(15,16)17;7-4-2-1-3-5(8)6(9)10;;/h11H,3-8H2,1-2H3,(H2,12,13,14)(H2,15,16,17);5H,1-4,7-8H2,(H,9,10);;/q;;+1;-1/t;5-;;/m.0../s1. The van der Waals surface area contributed by atoms with Gasteiger partial charge in [-0.2, -0.15) is 0 Å². The summed E-state index contributed by atoms with van der Waals surface area (Å²) in [5.41, 5.74) is 10.4. The summed E-state index contributed by atoms with van der Waals surface area (Å²) in [4.78, 5) is 47.6. The number of aliphatic carboxylic acids is 1. The smallest absolute Gasteiger partial charge is 1.00 e. The Labute approximate surface area is 201 Å². The minimum Gasteiger partial charge on any atom is -1.00 e. The molecule has 30 heavy (non-hydrogen) atoms. The Kier molecular flexibility index (Phi) is 20.1. The number of carbonyl (C=O) groups is 1. The molecule has 1 atom stereocenters. The number of nitrogens with zero attached hydrogens (tertiary/aromatic N) is 1. The van der Waals surface area contributed by atoms with Crippen LogP contribution in [0.15, 0.2) is 0 Å². The van der Waals surface area contributed by atoms with E-state index in [0.717, 1.165) is 32.1 Å². The third-order valence-electron chi connectivity index (χ3n) is 4.19. The molecule has 10 N–H and O–H groups in total. The molecule has 0 aliphatic heterocycles. The Morgan fingerprint density at radius 2 is 1.57 bits per heavy atom. The minimum atomic E-state index is -5.33. The Morgan fingerprint density at radius 1 is 1.07 bits per heavy atom. The van der Waals surface area contributed by atoms with Gasteiger partial charge in [0.05, 0.1) is 0 Å². The van der Waals surface area contributed by atoms with E-state index < -0.39 is 38.7 Å². The van der Waals surface area contributed by atoms with E-state index in [4.69, 9.17) is 36.1 Å². The maximum absolute atomic E-state index is 11.1. The molecule has 0 radical (unpaired) electrons. The van der Waals surface area contributed by atoms with E-state index in [2.05, 4.69) is 0 Å². The molecule has 0 amide bonds. The average molecular weight is 489 g/mol. The van der Waals surface area contributed by atoms with E-state index in [1.807, 2.05) is 6.92 Å². The van der Waals surface area contributed by atoms with Gasteiger partial charge in [0.15, 0.2) is 0 Å². The molecule has 0 aromatic rings. The van der Waals surface area contributed by atoms with Crippen molar-refractivity contribution >= 4 is 21.2 Å². The zero-order chi connectivity index (χ0) is 23.3. The van der Waals surface area contributed by atoms with Crippen LogP contribution in [0.5, 0.6) is 0 Å². The number of nitrogens with two attached hydrogens (primary N) is 2. The van der Waals surface area contributed by atoms with E-state index in [0.29, 0.717) is 19.5 Å². The minimum absolute atomic E-state index is 0. The molecular weight excluding hydrogens is 451 g/mol. The molecule has 0 heterocycles. The second-order valence-corrected chi connectivity index (χ2v) is 10.9. The van der Waals surface area contributed by atoms with Crippen LogP contribution >= 0.6 is 15.2 Å². The number of carboxylic acid groups (broad SMARTS) is 1. The van der Waals surface area contributed by atoms with Crippen molar-refractivity contribution in [2.24, 2.45) is 11.5 Å². The fraction of sp³-hybridized carbons (Fsp3) is 0.933. The third-order valence-corrected chi connectivity index (χ3v) is 8.07. The molecule has 15 heteroatoms. The van der Waals surface area contributed by atoms with Crippen molar-refractivity contribution in [1.82, 2.24) is 4.90 Å². The molecule has 12 nitrogen and oxygen atoms in total. The van der Waals surface area contributed by atoms with Gasteiger partial charge >= 0.3 is 50.7 Å². The zero-order valence-electron chi connectivity index (χ0n) is 19.1. The Hall–Kier alpha value is 0.610. The monoisotopic (exact) mass is 489 g/mol. The van der Waals surface area contributed by atoms with Crippen LogP contribution in [0, 0.1) is 0 Å². The van der Waals surface area contributed by atoms with Crippen LogP contribution in [0.3, 0.4) is 0 Å².